The van der Waals surface area contributed by atoms with Crippen LogP contribution in [0.4, 0.5) is 0 Å². The summed E-state index contributed by atoms with van der Waals surface area (Å²) in [6, 6.07) is 0. The van der Waals surface area contributed by atoms with Crippen molar-refractivity contribution in [3.8, 4) is 0 Å². The molecule has 19 heavy (non-hydrogen) atoms. The Balaban J connectivity index is 1.53. The second-order valence-corrected chi connectivity index (χ2v) is 7.42. The summed E-state index contributed by atoms with van der Waals surface area (Å²) >= 11 is 0. The molecule has 0 aromatic rings. The topological polar surface area (TPSA) is 38.3 Å². The van der Waals surface area contributed by atoms with Gasteiger partial charge in [0.25, 0.3) is 0 Å². The lowest BCUT2D eigenvalue weighted by atomic mass is 9.53. The van der Waals surface area contributed by atoms with E-state index in [2.05, 4.69) is 5.32 Å². The first kappa shape index (κ1) is 13.4. The van der Waals surface area contributed by atoms with Gasteiger partial charge in [-0.25, -0.2) is 0 Å². The first-order chi connectivity index (χ1) is 9.05. The van der Waals surface area contributed by atoms with Gasteiger partial charge in [-0.05, 0) is 70.1 Å². The molecular formula is C16H27NO2. The lowest BCUT2D eigenvalue weighted by Gasteiger charge is -2.56. The molecule has 0 atom stereocenters. The zero-order valence-electron chi connectivity index (χ0n) is 12.3. The number of ether oxygens (including phenoxy) is 1. The van der Waals surface area contributed by atoms with Gasteiger partial charge in [0, 0.05) is 12.0 Å². The Morgan fingerprint density at radius 1 is 1.16 bits per heavy atom. The maximum absolute atomic E-state index is 12.1. The van der Waals surface area contributed by atoms with Gasteiger partial charge in [-0.1, -0.05) is 0 Å². The van der Waals surface area contributed by atoms with Crippen molar-refractivity contribution in [3.05, 3.63) is 0 Å². The molecule has 0 aliphatic heterocycles. The standard InChI is InChI=1S/C16H27NO2/c1-11(2)19-4-3-15(18)17-16-8-12-5-13(9-16)7-14(6-12)10-16/h11-14H,3-10H2,1-2H3,(H,17,18). The predicted octanol–water partition coefficient (Wildman–Crippen LogP) is 2.89. The van der Waals surface area contributed by atoms with Gasteiger partial charge in [0.2, 0.25) is 5.91 Å². The van der Waals surface area contributed by atoms with Gasteiger partial charge in [0.15, 0.2) is 0 Å². The summed E-state index contributed by atoms with van der Waals surface area (Å²) in [6.07, 6.45) is 8.69. The van der Waals surface area contributed by atoms with Crippen LogP contribution in [-0.4, -0.2) is 24.2 Å². The summed E-state index contributed by atoms with van der Waals surface area (Å²) in [6.45, 7) is 4.57. The first-order valence-corrected chi connectivity index (χ1v) is 7.97. The zero-order valence-corrected chi connectivity index (χ0v) is 12.3. The van der Waals surface area contributed by atoms with Crippen molar-refractivity contribution in [2.45, 2.75) is 70.4 Å². The average Bonchev–Trinajstić information content (AvgIpc) is 2.25. The molecule has 0 heterocycles. The fourth-order valence-electron chi connectivity index (χ4n) is 5.01. The molecule has 0 aromatic carbocycles. The smallest absolute Gasteiger partial charge is 0.222 e. The SMILES string of the molecule is CC(C)OCCC(=O)NC12CC3CC(CC(C3)C1)C2. The number of hydrogen-bond acceptors (Lipinski definition) is 2. The minimum absolute atomic E-state index is 0.156. The molecule has 3 nitrogen and oxygen atoms in total. The van der Waals surface area contributed by atoms with Gasteiger partial charge >= 0.3 is 0 Å². The molecule has 4 aliphatic rings. The second-order valence-electron chi connectivity index (χ2n) is 7.42. The van der Waals surface area contributed by atoms with E-state index in [1.54, 1.807) is 0 Å². The highest BCUT2D eigenvalue weighted by atomic mass is 16.5. The Hall–Kier alpha value is -0.570. The lowest BCUT2D eigenvalue weighted by molar-refractivity contribution is -0.128. The van der Waals surface area contributed by atoms with Crippen LogP contribution in [0.5, 0.6) is 0 Å². The fourth-order valence-corrected chi connectivity index (χ4v) is 5.01. The Morgan fingerprint density at radius 2 is 1.68 bits per heavy atom. The highest BCUT2D eigenvalue weighted by Gasteiger charge is 2.51. The van der Waals surface area contributed by atoms with Gasteiger partial charge in [0.1, 0.15) is 0 Å². The molecule has 1 amide bonds. The van der Waals surface area contributed by atoms with Crippen molar-refractivity contribution < 1.29 is 9.53 Å². The van der Waals surface area contributed by atoms with Crippen LogP contribution in [0.1, 0.15) is 58.8 Å². The summed E-state index contributed by atoms with van der Waals surface area (Å²) in [5, 5.41) is 3.38. The van der Waals surface area contributed by atoms with E-state index < -0.39 is 0 Å². The third-order valence-electron chi connectivity index (χ3n) is 5.22. The fraction of sp³-hybridized carbons (Fsp3) is 0.938. The third-order valence-corrected chi connectivity index (χ3v) is 5.22. The van der Waals surface area contributed by atoms with Crippen molar-refractivity contribution in [1.82, 2.24) is 5.32 Å². The van der Waals surface area contributed by atoms with Crippen molar-refractivity contribution >= 4 is 5.91 Å². The highest BCUT2D eigenvalue weighted by molar-refractivity contribution is 5.77. The Kier molecular flexibility index (Phi) is 3.59. The number of hydrogen-bond donors (Lipinski definition) is 1. The van der Waals surface area contributed by atoms with E-state index in [4.69, 9.17) is 4.74 Å². The van der Waals surface area contributed by atoms with E-state index >= 15 is 0 Å². The van der Waals surface area contributed by atoms with Crippen LogP contribution >= 0.6 is 0 Å². The first-order valence-electron chi connectivity index (χ1n) is 7.97. The molecule has 3 heteroatoms. The molecule has 0 spiro atoms. The summed E-state index contributed by atoms with van der Waals surface area (Å²) < 4.78 is 5.47. The maximum Gasteiger partial charge on any atom is 0.222 e. The molecular weight excluding hydrogens is 238 g/mol. The lowest BCUT2D eigenvalue weighted by Crippen LogP contribution is -2.59. The number of rotatable bonds is 5. The minimum atomic E-state index is 0.156. The molecule has 1 N–H and O–H groups in total. The highest BCUT2D eigenvalue weighted by Crippen LogP contribution is 2.55. The van der Waals surface area contributed by atoms with Gasteiger partial charge in [-0.15, -0.1) is 0 Å². The summed E-state index contributed by atoms with van der Waals surface area (Å²) in [5.41, 5.74) is 0.156. The largest absolute Gasteiger partial charge is 0.378 e. The van der Waals surface area contributed by atoms with E-state index in [0.717, 1.165) is 17.8 Å². The quantitative estimate of drug-likeness (QED) is 0.830. The number of carbonyl (C=O) groups is 1. The molecule has 0 radical (unpaired) electrons. The third kappa shape index (κ3) is 2.96. The van der Waals surface area contributed by atoms with Gasteiger partial charge < -0.3 is 10.1 Å². The molecule has 0 unspecified atom stereocenters. The van der Waals surface area contributed by atoms with Gasteiger partial charge in [0.05, 0.1) is 12.7 Å². The summed E-state index contributed by atoms with van der Waals surface area (Å²) in [4.78, 5) is 12.1. The van der Waals surface area contributed by atoms with Crippen LogP contribution < -0.4 is 5.32 Å². The van der Waals surface area contributed by atoms with E-state index in [0.29, 0.717) is 13.0 Å². The number of carbonyl (C=O) groups excluding carboxylic acids is 1. The molecule has 0 aromatic heterocycles. The minimum Gasteiger partial charge on any atom is -0.378 e. The molecule has 0 saturated heterocycles. The molecule has 4 bridgehead atoms. The summed E-state index contributed by atoms with van der Waals surface area (Å²) in [5.74, 6) is 2.86. The Morgan fingerprint density at radius 3 is 2.16 bits per heavy atom. The summed E-state index contributed by atoms with van der Waals surface area (Å²) in [7, 11) is 0. The zero-order chi connectivity index (χ0) is 13.5. The van der Waals surface area contributed by atoms with E-state index in [9.17, 15) is 4.79 Å². The Labute approximate surface area is 116 Å². The van der Waals surface area contributed by atoms with Crippen LogP contribution in [0, 0.1) is 17.8 Å². The molecule has 108 valence electrons. The average molecular weight is 265 g/mol. The number of amides is 1. The monoisotopic (exact) mass is 265 g/mol. The normalized spacial score (nSPS) is 39.8. The second kappa shape index (κ2) is 5.08. The maximum atomic E-state index is 12.1. The molecule has 4 saturated carbocycles. The van der Waals surface area contributed by atoms with Crippen molar-refractivity contribution in [1.29, 1.82) is 0 Å². The molecule has 4 fully saturated rings. The van der Waals surface area contributed by atoms with Crippen LogP contribution in [-0.2, 0) is 9.53 Å². The van der Waals surface area contributed by atoms with E-state index in [-0.39, 0.29) is 17.6 Å². The molecule has 4 aliphatic carbocycles. The van der Waals surface area contributed by atoms with E-state index in [1.807, 2.05) is 13.8 Å². The van der Waals surface area contributed by atoms with Crippen molar-refractivity contribution in [2.75, 3.05) is 6.61 Å². The predicted molar refractivity (Wildman–Crippen MR) is 74.8 cm³/mol. The van der Waals surface area contributed by atoms with Crippen molar-refractivity contribution in [3.63, 3.8) is 0 Å². The van der Waals surface area contributed by atoms with E-state index in [1.165, 1.54) is 38.5 Å². The van der Waals surface area contributed by atoms with Crippen LogP contribution in [0.2, 0.25) is 0 Å². The van der Waals surface area contributed by atoms with Gasteiger partial charge in [-0.2, -0.15) is 0 Å². The Bertz CT molecular complexity index is 315. The van der Waals surface area contributed by atoms with Crippen molar-refractivity contribution in [2.24, 2.45) is 17.8 Å². The van der Waals surface area contributed by atoms with Crippen LogP contribution in [0.25, 0.3) is 0 Å². The van der Waals surface area contributed by atoms with Crippen LogP contribution in [0.3, 0.4) is 0 Å². The molecule has 4 rings (SSSR count). The number of nitrogens with one attached hydrogen (secondary N) is 1. The van der Waals surface area contributed by atoms with Crippen LogP contribution in [0.15, 0.2) is 0 Å². The van der Waals surface area contributed by atoms with Gasteiger partial charge in [-0.3, -0.25) is 4.79 Å².